The summed E-state index contributed by atoms with van der Waals surface area (Å²) in [5.74, 6) is -0.149. The molecule has 0 radical (unpaired) electrons. The maximum atomic E-state index is 11.4. The van der Waals surface area contributed by atoms with E-state index in [-0.39, 0.29) is 0 Å². The molecular weight excluding hydrogens is 426 g/mol. The van der Waals surface area contributed by atoms with Crippen LogP contribution in [-0.4, -0.2) is 36.9 Å². The monoisotopic (exact) mass is 457 g/mol. The number of anilines is 2. The Morgan fingerprint density at radius 2 is 1.50 bits per heavy atom. The molecule has 1 atom stereocenters. The largest absolute Gasteiger partial charge is 0.494 e. The normalized spacial score (nSPS) is 13.0. The van der Waals surface area contributed by atoms with Crippen LogP contribution < -0.4 is 9.64 Å². The Balaban J connectivity index is 1.34. The summed E-state index contributed by atoms with van der Waals surface area (Å²) < 4.78 is 11.4. The van der Waals surface area contributed by atoms with Gasteiger partial charge in [0.15, 0.2) is 6.10 Å². The van der Waals surface area contributed by atoms with E-state index in [1.807, 2.05) is 31.2 Å². The minimum Gasteiger partial charge on any atom is -0.494 e. The number of fused-ring (bicyclic) bond motifs is 2. The van der Waals surface area contributed by atoms with Crippen molar-refractivity contribution in [1.29, 1.82) is 0 Å². The van der Waals surface area contributed by atoms with E-state index in [0.29, 0.717) is 19.6 Å². The Morgan fingerprint density at radius 1 is 0.882 bits per heavy atom. The number of hydrogen-bond donors (Lipinski definition) is 1. The van der Waals surface area contributed by atoms with E-state index in [1.54, 1.807) is 0 Å². The van der Waals surface area contributed by atoms with Gasteiger partial charge in [-0.25, -0.2) is 4.79 Å². The highest BCUT2D eigenvalue weighted by atomic mass is 16.5. The van der Waals surface area contributed by atoms with Crippen LogP contribution in [0.3, 0.4) is 0 Å². The van der Waals surface area contributed by atoms with Gasteiger partial charge >= 0.3 is 5.97 Å². The predicted molar refractivity (Wildman–Crippen MR) is 137 cm³/mol. The van der Waals surface area contributed by atoms with Gasteiger partial charge in [-0.1, -0.05) is 67.6 Å². The second-order valence-electron chi connectivity index (χ2n) is 8.35. The van der Waals surface area contributed by atoms with Crippen LogP contribution in [0.5, 0.6) is 5.75 Å². The van der Waals surface area contributed by atoms with E-state index >= 15 is 0 Å². The van der Waals surface area contributed by atoms with Crippen LogP contribution in [-0.2, 0) is 16.0 Å². The highest BCUT2D eigenvalue weighted by Gasteiger charge is 2.19. The Kier molecular flexibility index (Phi) is 7.99. The molecule has 5 nitrogen and oxygen atoms in total. The van der Waals surface area contributed by atoms with E-state index < -0.39 is 12.1 Å². The lowest BCUT2D eigenvalue weighted by molar-refractivity contribution is -0.150. The number of aliphatic carboxylic acids is 1. The Hall–Kier alpha value is -3.57. The number of benzene rings is 3. The number of nitrogens with zero attached hydrogens (tertiary/aromatic N) is 1. The number of carbonyl (C=O) groups is 1. The van der Waals surface area contributed by atoms with E-state index in [2.05, 4.69) is 65.6 Å². The standard InChI is InChI=1S/C29H31NO4/c1-2-19-34-28(29(31)32)21-22-12-16-25(17-13-22)33-20-7-18-30-26-10-5-3-8-23(26)14-15-24-9-4-6-11-27(24)30/h3-6,8-17,28H,2,7,18-21H2,1H3,(H,31,32). The molecule has 1 aliphatic rings. The first kappa shape index (κ1) is 23.6. The van der Waals surface area contributed by atoms with Gasteiger partial charge in [-0.15, -0.1) is 0 Å². The van der Waals surface area contributed by atoms with Gasteiger partial charge in [-0.2, -0.15) is 0 Å². The molecule has 0 aromatic heterocycles. The minimum atomic E-state index is -0.930. The Labute approximate surface area is 201 Å². The third-order valence-corrected chi connectivity index (χ3v) is 5.84. The first-order valence-electron chi connectivity index (χ1n) is 11.9. The van der Waals surface area contributed by atoms with Gasteiger partial charge in [-0.05, 0) is 53.8 Å². The number of para-hydroxylation sites is 2. The summed E-state index contributed by atoms with van der Waals surface area (Å²) in [5, 5.41) is 9.35. The molecule has 4 rings (SSSR count). The first-order valence-corrected chi connectivity index (χ1v) is 11.9. The Bertz CT molecular complexity index is 1070. The maximum Gasteiger partial charge on any atom is 0.333 e. The van der Waals surface area contributed by atoms with E-state index in [9.17, 15) is 9.90 Å². The molecule has 1 aliphatic heterocycles. The average molecular weight is 458 g/mol. The van der Waals surface area contributed by atoms with Crippen molar-refractivity contribution in [3.8, 4) is 5.75 Å². The summed E-state index contributed by atoms with van der Waals surface area (Å²) >= 11 is 0. The lowest BCUT2D eigenvalue weighted by Crippen LogP contribution is -2.26. The number of carboxylic acid groups (broad SMARTS) is 1. The molecule has 0 amide bonds. The molecule has 0 spiro atoms. The zero-order valence-electron chi connectivity index (χ0n) is 19.5. The summed E-state index contributed by atoms with van der Waals surface area (Å²) in [6.45, 7) is 3.83. The quantitative estimate of drug-likeness (QED) is 0.347. The second-order valence-corrected chi connectivity index (χ2v) is 8.35. The summed E-state index contributed by atoms with van der Waals surface area (Å²) in [6, 6.07) is 24.5. The molecule has 1 unspecified atom stereocenters. The molecule has 0 saturated heterocycles. The van der Waals surface area contributed by atoms with Crippen molar-refractivity contribution in [2.24, 2.45) is 0 Å². The van der Waals surface area contributed by atoms with Gasteiger partial charge in [0.2, 0.25) is 0 Å². The van der Waals surface area contributed by atoms with Crippen LogP contribution in [0.4, 0.5) is 11.4 Å². The number of carboxylic acids is 1. The van der Waals surface area contributed by atoms with Crippen molar-refractivity contribution in [2.75, 3.05) is 24.7 Å². The van der Waals surface area contributed by atoms with Crippen molar-refractivity contribution >= 4 is 29.5 Å². The minimum absolute atomic E-state index is 0.345. The summed E-state index contributed by atoms with van der Waals surface area (Å²) in [6.07, 6.45) is 5.53. The average Bonchev–Trinajstić information content (AvgIpc) is 3.02. The van der Waals surface area contributed by atoms with Crippen molar-refractivity contribution in [1.82, 2.24) is 0 Å². The maximum absolute atomic E-state index is 11.4. The lowest BCUT2D eigenvalue weighted by atomic mass is 10.1. The van der Waals surface area contributed by atoms with Crippen LogP contribution in [0.15, 0.2) is 72.8 Å². The molecule has 3 aromatic carbocycles. The predicted octanol–water partition coefficient (Wildman–Crippen LogP) is 6.20. The molecular formula is C29H31NO4. The van der Waals surface area contributed by atoms with E-state index in [4.69, 9.17) is 9.47 Å². The Morgan fingerprint density at radius 3 is 2.09 bits per heavy atom. The summed E-state index contributed by atoms with van der Waals surface area (Å²) in [7, 11) is 0. The number of ether oxygens (including phenoxy) is 2. The van der Waals surface area contributed by atoms with E-state index in [1.165, 1.54) is 22.5 Å². The fourth-order valence-corrected chi connectivity index (χ4v) is 4.12. The van der Waals surface area contributed by atoms with Gasteiger partial charge in [0, 0.05) is 30.9 Å². The molecule has 1 heterocycles. The van der Waals surface area contributed by atoms with Gasteiger partial charge < -0.3 is 19.5 Å². The molecule has 0 saturated carbocycles. The van der Waals surface area contributed by atoms with Crippen molar-refractivity contribution in [2.45, 2.75) is 32.3 Å². The van der Waals surface area contributed by atoms with Gasteiger partial charge in [0.1, 0.15) is 5.75 Å². The van der Waals surface area contributed by atoms with Crippen LogP contribution in [0.1, 0.15) is 36.5 Å². The van der Waals surface area contributed by atoms with Crippen LogP contribution in [0, 0.1) is 0 Å². The molecule has 1 N–H and O–H groups in total. The van der Waals surface area contributed by atoms with Gasteiger partial charge in [0.05, 0.1) is 6.61 Å². The molecule has 34 heavy (non-hydrogen) atoms. The molecule has 5 heteroatoms. The number of rotatable bonds is 11. The highest BCUT2D eigenvalue weighted by Crippen LogP contribution is 2.36. The topological polar surface area (TPSA) is 59.0 Å². The fraction of sp³-hybridized carbons (Fsp3) is 0.276. The zero-order chi connectivity index (χ0) is 23.8. The lowest BCUT2D eigenvalue weighted by Gasteiger charge is -2.27. The van der Waals surface area contributed by atoms with Crippen molar-refractivity contribution < 1.29 is 19.4 Å². The zero-order valence-corrected chi connectivity index (χ0v) is 19.5. The second kappa shape index (κ2) is 11.5. The van der Waals surface area contributed by atoms with Crippen LogP contribution in [0.25, 0.3) is 12.2 Å². The third-order valence-electron chi connectivity index (χ3n) is 5.84. The van der Waals surface area contributed by atoms with Crippen LogP contribution in [0.2, 0.25) is 0 Å². The molecule has 0 aliphatic carbocycles. The fourth-order valence-electron chi connectivity index (χ4n) is 4.12. The SMILES string of the molecule is CCCOC(Cc1ccc(OCCCN2c3ccccc3C=Cc3ccccc32)cc1)C(=O)O. The first-order chi connectivity index (χ1) is 16.7. The van der Waals surface area contributed by atoms with Gasteiger partial charge in [0.25, 0.3) is 0 Å². The summed E-state index contributed by atoms with van der Waals surface area (Å²) in [4.78, 5) is 13.8. The molecule has 176 valence electrons. The molecule has 0 bridgehead atoms. The highest BCUT2D eigenvalue weighted by molar-refractivity contribution is 5.88. The van der Waals surface area contributed by atoms with Crippen molar-refractivity contribution in [3.63, 3.8) is 0 Å². The van der Waals surface area contributed by atoms with Crippen LogP contribution >= 0.6 is 0 Å². The van der Waals surface area contributed by atoms with Gasteiger partial charge in [-0.3, -0.25) is 0 Å². The van der Waals surface area contributed by atoms with E-state index in [0.717, 1.165) is 30.7 Å². The smallest absolute Gasteiger partial charge is 0.333 e. The molecule has 3 aromatic rings. The molecule has 0 fully saturated rings. The third kappa shape index (κ3) is 5.86. The summed E-state index contributed by atoms with van der Waals surface area (Å²) in [5.41, 5.74) is 5.73. The van der Waals surface area contributed by atoms with Crippen molar-refractivity contribution in [3.05, 3.63) is 89.5 Å². The number of hydrogen-bond acceptors (Lipinski definition) is 4.